The largest absolute Gasteiger partial charge is 0.415 e. The van der Waals surface area contributed by atoms with Gasteiger partial charge >= 0.3 is 0 Å². The van der Waals surface area contributed by atoms with Gasteiger partial charge < -0.3 is 9.53 Å². The molecular weight excluding hydrogens is 426 g/mol. The van der Waals surface area contributed by atoms with Crippen LogP contribution in [0.4, 0.5) is 0 Å². The van der Waals surface area contributed by atoms with Gasteiger partial charge in [-0.1, -0.05) is 58.2 Å². The van der Waals surface area contributed by atoms with E-state index in [-0.39, 0.29) is 22.5 Å². The molecule has 0 aliphatic carbocycles. The van der Waals surface area contributed by atoms with Crippen LogP contribution in [0.25, 0.3) is 0 Å². The summed E-state index contributed by atoms with van der Waals surface area (Å²) in [6, 6.07) is 2.95. The zero-order valence-corrected chi connectivity index (χ0v) is 22.6. The van der Waals surface area contributed by atoms with E-state index in [1.165, 1.54) is 0 Å². The summed E-state index contributed by atoms with van der Waals surface area (Å²) >= 11 is 0. The molecule has 0 amide bonds. The minimum atomic E-state index is -3.88. The van der Waals surface area contributed by atoms with Gasteiger partial charge in [0.1, 0.15) is 0 Å². The van der Waals surface area contributed by atoms with Gasteiger partial charge in [-0.05, 0) is 55.9 Å². The Bertz CT molecular complexity index is 887. The fraction of sp³-hybridized carbons (Fsp3) is 0.667. The van der Waals surface area contributed by atoms with Crippen LogP contribution in [-0.2, 0) is 14.4 Å². The van der Waals surface area contributed by atoms with E-state index in [2.05, 4.69) is 44.5 Å². The first-order valence-corrected chi connectivity index (χ1v) is 15.2. The maximum absolute atomic E-state index is 13.4. The van der Waals surface area contributed by atoms with Crippen LogP contribution < -0.4 is 4.72 Å². The van der Waals surface area contributed by atoms with Crippen LogP contribution in [0, 0.1) is 45.0 Å². The average molecular weight is 468 g/mol. The van der Waals surface area contributed by atoms with Crippen LogP contribution in [0.3, 0.4) is 0 Å². The molecule has 0 fully saturated rings. The normalized spacial score (nSPS) is 16.1. The molecule has 1 rings (SSSR count). The summed E-state index contributed by atoms with van der Waals surface area (Å²) in [5.74, 6) is 1.79. The highest BCUT2D eigenvalue weighted by Gasteiger charge is 2.40. The molecule has 31 heavy (non-hydrogen) atoms. The number of hydrogen-bond acceptors (Lipinski definition) is 4. The Labute approximate surface area is 191 Å². The molecule has 0 unspecified atom stereocenters. The molecule has 1 aromatic rings. The van der Waals surface area contributed by atoms with Gasteiger partial charge in [0.2, 0.25) is 10.0 Å². The van der Waals surface area contributed by atoms with Crippen molar-refractivity contribution in [2.75, 3.05) is 6.61 Å². The van der Waals surface area contributed by atoms with Crippen LogP contribution in [0.1, 0.15) is 51.3 Å². The quantitative estimate of drug-likeness (QED) is 0.413. The summed E-state index contributed by atoms with van der Waals surface area (Å²) in [4.78, 5) is 0.255. The third-order valence-corrected chi connectivity index (χ3v) is 12.6. The monoisotopic (exact) mass is 467 g/mol. The van der Waals surface area contributed by atoms with Gasteiger partial charge in [-0.25, -0.2) is 13.1 Å². The van der Waals surface area contributed by atoms with Gasteiger partial charge in [0.25, 0.3) is 0 Å². The van der Waals surface area contributed by atoms with Crippen LogP contribution in [0.2, 0.25) is 18.1 Å². The van der Waals surface area contributed by atoms with Gasteiger partial charge in [0.05, 0.1) is 29.6 Å². The summed E-state index contributed by atoms with van der Waals surface area (Å²) in [5, 5.41) is 10.7. The number of aryl methyl sites for hydroxylation is 3. The SMILES string of the molecule is C#C[C@H]([C@H](CO[Si](C)(C)C(C)(C)C)NS(=O)(=O)c1c(C)cc(C)cc1C)[C@H](O)C(C)C. The number of sulfonamides is 1. The van der Waals surface area contributed by atoms with Crippen molar-refractivity contribution in [3.05, 3.63) is 28.8 Å². The minimum absolute atomic E-state index is 0.0388. The van der Waals surface area contributed by atoms with E-state index >= 15 is 0 Å². The molecule has 3 atom stereocenters. The van der Waals surface area contributed by atoms with Crippen molar-refractivity contribution in [1.82, 2.24) is 4.72 Å². The molecule has 5 nitrogen and oxygen atoms in total. The van der Waals surface area contributed by atoms with Gasteiger partial charge in [-0.2, -0.15) is 0 Å². The molecule has 0 aliphatic rings. The van der Waals surface area contributed by atoms with Gasteiger partial charge in [-0.3, -0.25) is 0 Å². The summed E-state index contributed by atoms with van der Waals surface area (Å²) in [7, 11) is -6.03. The van der Waals surface area contributed by atoms with Crippen molar-refractivity contribution in [1.29, 1.82) is 0 Å². The lowest BCUT2D eigenvalue weighted by molar-refractivity contribution is 0.0637. The van der Waals surface area contributed by atoms with Crippen molar-refractivity contribution in [3.8, 4) is 12.3 Å². The Morgan fingerprint density at radius 1 is 1.16 bits per heavy atom. The molecule has 2 N–H and O–H groups in total. The predicted octanol–water partition coefficient (Wildman–Crippen LogP) is 4.55. The Morgan fingerprint density at radius 3 is 2.03 bits per heavy atom. The first kappa shape index (κ1) is 27.9. The highest BCUT2D eigenvalue weighted by Crippen LogP contribution is 2.37. The molecule has 0 spiro atoms. The molecule has 0 bridgehead atoms. The van der Waals surface area contributed by atoms with Crippen molar-refractivity contribution in [2.45, 2.75) is 90.6 Å². The van der Waals surface area contributed by atoms with Crippen LogP contribution >= 0.6 is 0 Å². The maximum atomic E-state index is 13.4. The van der Waals surface area contributed by atoms with Gasteiger partial charge in [-0.15, -0.1) is 6.42 Å². The Morgan fingerprint density at radius 2 is 1.65 bits per heavy atom. The average Bonchev–Trinajstić information content (AvgIpc) is 2.57. The smallest absolute Gasteiger partial charge is 0.241 e. The maximum Gasteiger partial charge on any atom is 0.241 e. The van der Waals surface area contributed by atoms with E-state index in [1.54, 1.807) is 13.8 Å². The predicted molar refractivity (Wildman–Crippen MR) is 131 cm³/mol. The van der Waals surface area contributed by atoms with Crippen LogP contribution in [0.5, 0.6) is 0 Å². The second-order valence-electron chi connectivity index (χ2n) is 10.5. The number of hydrogen-bond donors (Lipinski definition) is 2. The summed E-state index contributed by atoms with van der Waals surface area (Å²) < 4.78 is 36.0. The van der Waals surface area contributed by atoms with Gasteiger partial charge in [0, 0.05) is 0 Å². The third-order valence-electron chi connectivity index (χ3n) is 6.29. The molecule has 0 radical (unpaired) electrons. The fourth-order valence-corrected chi connectivity index (χ4v) is 6.17. The van der Waals surface area contributed by atoms with Crippen molar-refractivity contribution >= 4 is 18.3 Å². The second-order valence-corrected chi connectivity index (χ2v) is 16.9. The number of terminal acetylenes is 1. The summed E-state index contributed by atoms with van der Waals surface area (Å²) in [6.07, 6.45) is 4.93. The summed E-state index contributed by atoms with van der Waals surface area (Å²) in [5.41, 5.74) is 2.36. The minimum Gasteiger partial charge on any atom is -0.415 e. The zero-order valence-electron chi connectivity index (χ0n) is 20.8. The van der Waals surface area contributed by atoms with E-state index in [1.807, 2.05) is 32.9 Å². The Kier molecular flexibility index (Phi) is 9.15. The number of aliphatic hydroxyl groups excluding tert-OH is 1. The molecule has 0 aromatic heterocycles. The molecule has 7 heteroatoms. The number of nitrogens with one attached hydrogen (secondary N) is 1. The lowest BCUT2D eigenvalue weighted by atomic mass is 9.88. The molecular formula is C24H41NO4SSi. The number of benzene rings is 1. The molecule has 0 saturated heterocycles. The van der Waals surface area contributed by atoms with Crippen molar-refractivity contribution in [2.24, 2.45) is 11.8 Å². The highest BCUT2D eigenvalue weighted by atomic mass is 32.2. The van der Waals surface area contributed by atoms with E-state index in [9.17, 15) is 13.5 Å². The Hall–Kier alpha value is -1.17. The summed E-state index contributed by atoms with van der Waals surface area (Å²) in [6.45, 7) is 19.9. The van der Waals surface area contributed by atoms with E-state index in [0.29, 0.717) is 11.1 Å². The van der Waals surface area contributed by atoms with Crippen molar-refractivity contribution in [3.63, 3.8) is 0 Å². The highest BCUT2D eigenvalue weighted by molar-refractivity contribution is 7.89. The lowest BCUT2D eigenvalue weighted by Crippen LogP contribution is -2.51. The first-order chi connectivity index (χ1) is 13.9. The fourth-order valence-electron chi connectivity index (χ4n) is 3.44. The van der Waals surface area contributed by atoms with E-state index in [0.717, 1.165) is 5.56 Å². The lowest BCUT2D eigenvalue weighted by Gasteiger charge is -2.38. The topological polar surface area (TPSA) is 75.6 Å². The molecule has 1 aromatic carbocycles. The zero-order chi connectivity index (χ0) is 24.4. The van der Waals surface area contributed by atoms with E-state index < -0.39 is 36.4 Å². The van der Waals surface area contributed by atoms with Crippen LogP contribution in [-0.4, -0.2) is 40.6 Å². The Balaban J connectivity index is 3.39. The van der Waals surface area contributed by atoms with E-state index in [4.69, 9.17) is 10.8 Å². The third kappa shape index (κ3) is 6.90. The second kappa shape index (κ2) is 10.2. The first-order valence-electron chi connectivity index (χ1n) is 10.8. The standard InChI is InChI=1S/C24H41NO4SSi/c1-12-20(22(26)16(2)3)21(15-29-31(10,11)24(7,8)9)25-30(27,28)23-18(5)13-17(4)14-19(23)6/h1,13-14,16,20-22,25-26H,15H2,2-11H3/t20-,21+,22-/m1/s1. The van der Waals surface area contributed by atoms with Gasteiger partial charge in [0.15, 0.2) is 8.32 Å². The molecule has 0 heterocycles. The molecule has 176 valence electrons. The number of aliphatic hydroxyl groups is 1. The molecule has 0 saturated carbocycles. The van der Waals surface area contributed by atoms with Crippen molar-refractivity contribution < 1.29 is 18.0 Å². The number of rotatable bonds is 9. The molecule has 0 aliphatic heterocycles. The van der Waals surface area contributed by atoms with Crippen LogP contribution in [0.15, 0.2) is 17.0 Å².